The third-order valence-corrected chi connectivity index (χ3v) is 2.83. The van der Waals surface area contributed by atoms with Gasteiger partial charge in [0.2, 0.25) is 0 Å². The summed E-state index contributed by atoms with van der Waals surface area (Å²) in [5.74, 6) is -2.72. The Labute approximate surface area is 130 Å². The van der Waals surface area contributed by atoms with Gasteiger partial charge in [0, 0.05) is 17.3 Å². The fraction of sp³-hybridized carbons (Fsp3) is 0.143. The number of aromatic carboxylic acids is 1. The van der Waals surface area contributed by atoms with E-state index in [4.69, 9.17) is 5.11 Å². The zero-order chi connectivity index (χ0) is 18.1. The van der Waals surface area contributed by atoms with Crippen LogP contribution in [0.25, 0.3) is 11.1 Å². The number of para-hydroxylation sites is 1. The summed E-state index contributed by atoms with van der Waals surface area (Å²) in [6.07, 6.45) is -9.63. The van der Waals surface area contributed by atoms with Crippen LogP contribution in [0.3, 0.4) is 0 Å². The molecular formula is C14H7F6NO3. The van der Waals surface area contributed by atoms with Gasteiger partial charge in [-0.2, -0.15) is 13.2 Å². The number of carbonyl (C=O) groups is 1. The first-order valence-electron chi connectivity index (χ1n) is 6.15. The fourth-order valence-electron chi connectivity index (χ4n) is 2.01. The van der Waals surface area contributed by atoms with Crippen LogP contribution >= 0.6 is 0 Å². The molecule has 0 aliphatic rings. The molecule has 1 N–H and O–H groups in total. The molecule has 1 aromatic heterocycles. The number of pyridine rings is 1. The maximum Gasteiger partial charge on any atom is 0.573 e. The molecule has 4 nitrogen and oxygen atoms in total. The van der Waals surface area contributed by atoms with Crippen molar-refractivity contribution in [3.05, 3.63) is 47.8 Å². The van der Waals surface area contributed by atoms with Gasteiger partial charge in [-0.3, -0.25) is 4.98 Å². The van der Waals surface area contributed by atoms with E-state index >= 15 is 0 Å². The highest BCUT2D eigenvalue weighted by Gasteiger charge is 2.39. The molecule has 0 amide bonds. The number of halogens is 6. The second kappa shape index (κ2) is 6.02. The molecule has 1 heterocycles. The van der Waals surface area contributed by atoms with Gasteiger partial charge < -0.3 is 9.84 Å². The summed E-state index contributed by atoms with van der Waals surface area (Å²) in [4.78, 5) is 14.3. The lowest BCUT2D eigenvalue weighted by molar-refractivity contribution is -0.274. The molecule has 0 radical (unpaired) electrons. The molecule has 0 bridgehead atoms. The number of carboxylic acid groups (broad SMARTS) is 1. The number of carboxylic acids is 1. The maximum absolute atomic E-state index is 13.1. The summed E-state index contributed by atoms with van der Waals surface area (Å²) in [6.45, 7) is 0. The molecule has 24 heavy (non-hydrogen) atoms. The topological polar surface area (TPSA) is 59.4 Å². The molecular weight excluding hydrogens is 344 g/mol. The van der Waals surface area contributed by atoms with Gasteiger partial charge in [-0.15, -0.1) is 13.2 Å². The average molecular weight is 351 g/mol. The highest BCUT2D eigenvalue weighted by Crippen LogP contribution is 2.42. The monoisotopic (exact) mass is 351 g/mol. The molecule has 128 valence electrons. The lowest BCUT2D eigenvalue weighted by atomic mass is 9.97. The molecule has 10 heteroatoms. The molecule has 0 atom stereocenters. The number of hydrogen-bond acceptors (Lipinski definition) is 3. The van der Waals surface area contributed by atoms with Crippen molar-refractivity contribution in [2.24, 2.45) is 0 Å². The highest BCUT2D eigenvalue weighted by atomic mass is 19.4. The normalized spacial score (nSPS) is 12.1. The maximum atomic E-state index is 13.1. The summed E-state index contributed by atoms with van der Waals surface area (Å²) < 4.78 is 80.5. The summed E-state index contributed by atoms with van der Waals surface area (Å²) in [5, 5.41) is 9.08. The quantitative estimate of drug-likeness (QED) is 0.835. The Morgan fingerprint density at radius 2 is 1.67 bits per heavy atom. The second-order valence-corrected chi connectivity index (χ2v) is 4.43. The standard InChI is InChI=1S/C14H7F6NO3/c15-13(16,17)11-10(8(12(22)23)5-6-21-11)7-3-1-2-4-9(7)24-14(18,19)20/h1-6H,(H,22,23). The van der Waals surface area contributed by atoms with Crippen molar-refractivity contribution in [2.75, 3.05) is 0 Å². The number of aromatic nitrogens is 1. The van der Waals surface area contributed by atoms with Crippen LogP contribution in [-0.2, 0) is 6.18 Å². The van der Waals surface area contributed by atoms with E-state index in [0.717, 1.165) is 30.3 Å². The van der Waals surface area contributed by atoms with E-state index < -0.39 is 46.6 Å². The number of hydrogen-bond donors (Lipinski definition) is 1. The van der Waals surface area contributed by atoms with Gasteiger partial charge in [-0.05, 0) is 12.1 Å². The first-order valence-corrected chi connectivity index (χ1v) is 6.15. The largest absolute Gasteiger partial charge is 0.573 e. The molecule has 2 aromatic rings. The minimum absolute atomic E-state index is 0.614. The van der Waals surface area contributed by atoms with Crippen molar-refractivity contribution < 1.29 is 41.0 Å². The Balaban J connectivity index is 2.79. The van der Waals surface area contributed by atoms with Gasteiger partial charge >= 0.3 is 18.5 Å². The van der Waals surface area contributed by atoms with Crippen molar-refractivity contribution in [1.82, 2.24) is 4.98 Å². The summed E-state index contributed by atoms with van der Waals surface area (Å²) >= 11 is 0. The van der Waals surface area contributed by atoms with Gasteiger partial charge in [0.05, 0.1) is 5.56 Å². The molecule has 0 spiro atoms. The van der Waals surface area contributed by atoms with E-state index in [1.165, 1.54) is 0 Å². The zero-order valence-electron chi connectivity index (χ0n) is 11.4. The molecule has 0 saturated heterocycles. The Bertz CT molecular complexity index is 770. The van der Waals surface area contributed by atoms with Crippen molar-refractivity contribution in [3.8, 4) is 16.9 Å². The summed E-state index contributed by atoms with van der Waals surface area (Å²) in [5.41, 5.74) is -4.17. The van der Waals surface area contributed by atoms with Crippen LogP contribution in [0.4, 0.5) is 26.3 Å². The van der Waals surface area contributed by atoms with Crippen molar-refractivity contribution in [1.29, 1.82) is 0 Å². The molecule has 2 rings (SSSR count). The number of alkyl halides is 6. The van der Waals surface area contributed by atoms with Gasteiger partial charge in [-0.1, -0.05) is 18.2 Å². The third-order valence-electron chi connectivity index (χ3n) is 2.83. The predicted octanol–water partition coefficient (Wildman–Crippen LogP) is 4.36. The van der Waals surface area contributed by atoms with Crippen LogP contribution in [0.2, 0.25) is 0 Å². The van der Waals surface area contributed by atoms with Gasteiger partial charge in [0.15, 0.2) is 5.69 Å². The minimum Gasteiger partial charge on any atom is -0.478 e. The lowest BCUT2D eigenvalue weighted by Gasteiger charge is -2.18. The van der Waals surface area contributed by atoms with E-state index in [0.29, 0.717) is 6.20 Å². The molecule has 0 unspecified atom stereocenters. The SMILES string of the molecule is O=C(O)c1ccnc(C(F)(F)F)c1-c1ccccc1OC(F)(F)F. The van der Waals surface area contributed by atoms with Crippen LogP contribution in [0, 0.1) is 0 Å². The number of ether oxygens (including phenoxy) is 1. The molecule has 0 aliphatic carbocycles. The van der Waals surface area contributed by atoms with E-state index in [-0.39, 0.29) is 0 Å². The second-order valence-electron chi connectivity index (χ2n) is 4.43. The van der Waals surface area contributed by atoms with E-state index in [1.807, 2.05) is 0 Å². The lowest BCUT2D eigenvalue weighted by Crippen LogP contribution is -2.19. The van der Waals surface area contributed by atoms with Crippen LogP contribution in [0.5, 0.6) is 5.75 Å². The number of rotatable bonds is 3. The fourth-order valence-corrected chi connectivity index (χ4v) is 2.01. The zero-order valence-corrected chi connectivity index (χ0v) is 11.4. The highest BCUT2D eigenvalue weighted by molar-refractivity contribution is 5.97. The predicted molar refractivity (Wildman–Crippen MR) is 68.3 cm³/mol. The first-order chi connectivity index (χ1) is 11.0. The third kappa shape index (κ3) is 3.76. The van der Waals surface area contributed by atoms with Gasteiger partial charge in [0.25, 0.3) is 0 Å². The molecule has 0 aliphatic heterocycles. The van der Waals surface area contributed by atoms with Crippen LogP contribution in [0.1, 0.15) is 16.1 Å². The van der Waals surface area contributed by atoms with E-state index in [1.54, 1.807) is 0 Å². The van der Waals surface area contributed by atoms with E-state index in [9.17, 15) is 31.1 Å². The van der Waals surface area contributed by atoms with Crippen LogP contribution < -0.4 is 4.74 Å². The average Bonchev–Trinajstić information content (AvgIpc) is 2.44. The van der Waals surface area contributed by atoms with Crippen molar-refractivity contribution >= 4 is 5.97 Å². The molecule has 0 fully saturated rings. The molecule has 0 saturated carbocycles. The van der Waals surface area contributed by atoms with E-state index in [2.05, 4.69) is 9.72 Å². The van der Waals surface area contributed by atoms with Gasteiger partial charge in [-0.25, -0.2) is 4.79 Å². The Kier molecular flexibility index (Phi) is 4.41. The number of benzene rings is 1. The van der Waals surface area contributed by atoms with Gasteiger partial charge in [0.1, 0.15) is 5.75 Å². The van der Waals surface area contributed by atoms with Crippen molar-refractivity contribution in [3.63, 3.8) is 0 Å². The Morgan fingerprint density at radius 1 is 1.04 bits per heavy atom. The smallest absolute Gasteiger partial charge is 0.478 e. The minimum atomic E-state index is -5.17. The first kappa shape index (κ1) is 17.6. The van der Waals surface area contributed by atoms with Crippen LogP contribution in [-0.4, -0.2) is 22.4 Å². The summed E-state index contributed by atoms with van der Waals surface area (Å²) in [6, 6.07) is 4.69. The Morgan fingerprint density at radius 3 is 2.21 bits per heavy atom. The number of nitrogens with zero attached hydrogens (tertiary/aromatic N) is 1. The summed E-state index contributed by atoms with van der Waals surface area (Å²) in [7, 11) is 0. The van der Waals surface area contributed by atoms with Crippen molar-refractivity contribution in [2.45, 2.75) is 12.5 Å². The van der Waals surface area contributed by atoms with Crippen LogP contribution in [0.15, 0.2) is 36.5 Å². The molecule has 1 aromatic carbocycles. The Hall–Kier alpha value is -2.78.